The molecular formula is C72H110Br2N10O35Si2. The third-order valence-corrected chi connectivity index (χ3v) is 31.3. The molecule has 5 fully saturated rings. The van der Waals surface area contributed by atoms with Crippen LogP contribution in [-0.4, -0.2) is 264 Å². The Morgan fingerprint density at radius 2 is 0.777 bits per heavy atom. The largest absolute Gasteiger partial charge is 0.467 e. The van der Waals surface area contributed by atoms with E-state index < -0.39 is 221 Å². The fourth-order valence-electron chi connectivity index (χ4n) is 12.2. The van der Waals surface area contributed by atoms with Crippen LogP contribution < -0.4 is 56.2 Å². The molecule has 0 amide bonds. The summed E-state index contributed by atoms with van der Waals surface area (Å²) in [5.41, 5.74) is -7.97. The first-order valence-electron chi connectivity index (χ1n) is 38.1. The predicted molar refractivity (Wildman–Crippen MR) is 433 cm³/mol. The van der Waals surface area contributed by atoms with Gasteiger partial charge in [-0.2, -0.15) is 0 Å². The van der Waals surface area contributed by atoms with Gasteiger partial charge in [0, 0.05) is 48.9 Å². The van der Waals surface area contributed by atoms with Crippen molar-refractivity contribution in [2.75, 3.05) is 40.1 Å². The van der Waals surface area contributed by atoms with Crippen LogP contribution in [0.25, 0.3) is 0 Å². The molecule has 680 valence electrons. The number of ether oxygens (including phenoxy) is 8. The number of aromatic nitrogens is 10. The minimum absolute atomic E-state index is 0.00128. The van der Waals surface area contributed by atoms with E-state index in [9.17, 15) is 108 Å². The summed E-state index contributed by atoms with van der Waals surface area (Å²) < 4.78 is 60.0. The molecule has 45 nitrogen and oxygen atoms in total. The number of carbonyl (C=O) groups is 4. The van der Waals surface area contributed by atoms with E-state index >= 15 is 0 Å². The number of aromatic amines is 5. The Morgan fingerprint density at radius 3 is 1.07 bits per heavy atom. The van der Waals surface area contributed by atoms with Crippen molar-refractivity contribution in [2.24, 2.45) is 11.8 Å². The van der Waals surface area contributed by atoms with Gasteiger partial charge in [0.15, 0.2) is 60.0 Å². The molecule has 0 bridgehead atoms. The molecule has 121 heavy (non-hydrogen) atoms. The van der Waals surface area contributed by atoms with Crippen LogP contribution in [0.3, 0.4) is 0 Å². The average molecular weight is 1890 g/mol. The highest BCUT2D eigenvalue weighted by molar-refractivity contribution is 9.10. The number of esters is 3. The first-order valence-corrected chi connectivity index (χ1v) is 45.5. The quantitative estimate of drug-likeness (QED) is 0.0117. The van der Waals surface area contributed by atoms with Crippen molar-refractivity contribution in [3.05, 3.63) is 161 Å². The first kappa shape index (κ1) is 104. The number of aliphatic hydroxyl groups is 11. The molecule has 5 saturated heterocycles. The molecule has 0 radical (unpaired) electrons. The van der Waals surface area contributed by atoms with Gasteiger partial charge >= 0.3 is 46.4 Å². The van der Waals surface area contributed by atoms with Crippen molar-refractivity contribution in [2.45, 2.75) is 255 Å². The molecule has 10 rings (SSSR count). The Kier molecular flexibility index (Phi) is 37.8. The summed E-state index contributed by atoms with van der Waals surface area (Å²) in [6.45, 7) is 31.8. The number of nitrogens with zero attached hydrogens (tertiary/aromatic N) is 5. The maximum Gasteiger partial charge on any atom is 0.371 e. The number of halogens is 2. The molecule has 49 heteroatoms. The molecule has 7 unspecified atom stereocenters. The van der Waals surface area contributed by atoms with Crippen LogP contribution in [0.2, 0.25) is 36.3 Å². The molecule has 10 heterocycles. The second-order valence-electron chi connectivity index (χ2n) is 31.3. The lowest BCUT2D eigenvalue weighted by molar-refractivity contribution is -0.153. The van der Waals surface area contributed by atoms with Crippen LogP contribution in [0, 0.1) is 11.8 Å². The van der Waals surface area contributed by atoms with Gasteiger partial charge < -0.3 is 103 Å². The van der Waals surface area contributed by atoms with Crippen LogP contribution in [0.4, 0.5) is 0 Å². The maximum atomic E-state index is 12.7. The molecule has 5 aliphatic rings. The Bertz CT molecular complexity index is 4970. The highest BCUT2D eigenvalue weighted by atomic mass is 79.9. The van der Waals surface area contributed by atoms with Crippen LogP contribution in [0.1, 0.15) is 150 Å². The van der Waals surface area contributed by atoms with Crippen molar-refractivity contribution in [1.82, 2.24) is 47.8 Å². The SMILES string of the molecule is CCOC(=O)C(O)c1cn([C@@H]2O[C@H](CC)[C@H](C)C2O[Si](C)(C)C(C)(C)C)c(=O)[nH]c1=O.CCOC(=O)C=O.CC[C@H]1O[C@@H](n2cc(Br)c(=O)[nH]c2=O)C(O[Si](C)(C)C(C)(C)C)[C@H]1C.COC(=O)C(O)c1cn([C@@H]2O[C@H](CO)[C@H](O)C2O)c(=O)[nH]c1=O.O=c1[nH]c(=O)n([C@@H]2O[C@H](CO)[C@H](O)C2O)cc1Br.O=c1ccn([C@@H]2O[C@H](CO)[C@H](O)C2O)c(=O)[nH]1. The smallest absolute Gasteiger partial charge is 0.371 e. The second kappa shape index (κ2) is 44.2. The summed E-state index contributed by atoms with van der Waals surface area (Å²) in [6, 6.07) is 1.09. The number of carbonyl (C=O) groups excluding carboxylic acids is 4. The van der Waals surface area contributed by atoms with Gasteiger partial charge in [-0.25, -0.2) is 38.4 Å². The lowest BCUT2D eigenvalue weighted by atomic mass is 9.99. The van der Waals surface area contributed by atoms with Gasteiger partial charge in [-0.15, -0.1) is 0 Å². The lowest BCUT2D eigenvalue weighted by Gasteiger charge is -2.40. The third kappa shape index (κ3) is 25.0. The van der Waals surface area contributed by atoms with Gasteiger partial charge in [0.05, 0.1) is 84.6 Å². The normalized spacial score (nSPS) is 27.5. The zero-order chi connectivity index (χ0) is 91.9. The standard InChI is InChI=1S/C21H36N2O7Si.C17H29BrN2O4Si.C12H16N2O9.C9H11BrN2O6.C9H12N2O6.C4H6O3/c1-9-14-12(3)16(30-31(7,8)21(4,5)6)18(29-14)23-11-13(17(25)22-20(23)27)15(24)19(26)28-10-2;1-8-12-10(2)13(24-25(6,7)17(3,4)5)15(23-12)20-9-11(18)14(21)19-16(20)22;1-22-11(20)6(16)4-2-14(12(21)13-9(4)19)10-8(18)7(17)5(3-15)23-10;10-3-1-12(9(17)11-7(3)16)8-6(15)5(14)4(2-13)18-8;12-3-4-6(14)7(15)8(17-4)11-2-1-5(13)10-9(11)16;1-2-7-4(6)3-5/h11-12,14-16,18,24H,9-10H2,1-8H3,(H,22,25,27);9-10,12-13,15H,8H2,1-7H3,(H,19,21,22);2,5-8,10,15-18H,3H2,1H3,(H,13,19,21);1,4-6,8,13-15H,2H2,(H,11,16,17);1-2,4,6-8,12,14-15H,3H2,(H,10,13,16);3H,2H2,1H3/t12-,14+,15?,16?,18+;10-,12+,13?,15+;5-,6?,7+,8?,10-;4-,5+,6?,8-;4-,6+,7?,8-;/m00111./s1. The van der Waals surface area contributed by atoms with Gasteiger partial charge in [-0.05, 0) is 94.8 Å². The fourth-order valence-corrected chi connectivity index (χ4v) is 15.6. The van der Waals surface area contributed by atoms with E-state index in [-0.39, 0.29) is 69.8 Å². The van der Waals surface area contributed by atoms with Crippen LogP contribution in [0.15, 0.2) is 93.9 Å². The van der Waals surface area contributed by atoms with Gasteiger partial charge in [0.1, 0.15) is 54.9 Å². The van der Waals surface area contributed by atoms with E-state index in [4.69, 9.17) is 52.6 Å². The molecule has 0 aromatic carbocycles. The highest BCUT2D eigenvalue weighted by Gasteiger charge is 2.52. The number of hydrogen-bond acceptors (Lipinski definition) is 35. The maximum absolute atomic E-state index is 12.7. The van der Waals surface area contributed by atoms with E-state index in [1.165, 1.54) is 21.5 Å². The second-order valence-corrected chi connectivity index (χ2v) is 42.5. The molecule has 5 aromatic rings. The zero-order valence-electron chi connectivity index (χ0n) is 69.4. The molecular weight excluding hydrogens is 1780 g/mol. The van der Waals surface area contributed by atoms with E-state index in [2.05, 4.69) is 133 Å². The summed E-state index contributed by atoms with van der Waals surface area (Å²) in [5.74, 6) is -2.73. The van der Waals surface area contributed by atoms with Crippen LogP contribution >= 0.6 is 31.9 Å². The fraction of sp³-hybridized carbons (Fsp3) is 0.667. The first-order chi connectivity index (χ1) is 56.2. The topological polar surface area (TPSA) is 657 Å². The summed E-state index contributed by atoms with van der Waals surface area (Å²) in [4.78, 5) is 171. The summed E-state index contributed by atoms with van der Waals surface area (Å²) >= 11 is 6.14. The number of hydrogen-bond donors (Lipinski definition) is 16. The number of nitrogens with one attached hydrogen (secondary N) is 5. The number of aliphatic hydroxyl groups excluding tert-OH is 11. The van der Waals surface area contributed by atoms with E-state index in [0.29, 0.717) is 9.04 Å². The summed E-state index contributed by atoms with van der Waals surface area (Å²) in [7, 11) is -3.26. The summed E-state index contributed by atoms with van der Waals surface area (Å²) in [6.07, 6.45) is -13.5. The van der Waals surface area contributed by atoms with Crippen LogP contribution in [0.5, 0.6) is 0 Å². The Hall–Kier alpha value is -7.85. The predicted octanol–water partition coefficient (Wildman–Crippen LogP) is -2.74. The number of aldehydes is 1. The summed E-state index contributed by atoms with van der Waals surface area (Å²) in [5, 5.41) is 105. The molecule has 22 atom stereocenters. The van der Waals surface area contributed by atoms with Gasteiger partial charge in [0.2, 0.25) is 6.29 Å². The third-order valence-electron chi connectivity index (χ3n) is 21.2. The number of methoxy groups -OCH3 is 1. The Labute approximate surface area is 707 Å². The minimum Gasteiger partial charge on any atom is -0.467 e. The molecule has 5 aromatic heterocycles. The van der Waals surface area contributed by atoms with Crippen molar-refractivity contribution in [3.63, 3.8) is 0 Å². The monoisotopic (exact) mass is 1890 g/mol. The Balaban J connectivity index is 0.000000267. The van der Waals surface area contributed by atoms with E-state index in [1.807, 2.05) is 28.8 Å². The minimum atomic E-state index is -2.21. The van der Waals surface area contributed by atoms with Gasteiger partial charge in [-0.1, -0.05) is 69.2 Å². The Morgan fingerprint density at radius 1 is 0.471 bits per heavy atom. The van der Waals surface area contributed by atoms with Crippen molar-refractivity contribution < 1.29 is 122 Å². The van der Waals surface area contributed by atoms with Crippen LogP contribution in [-0.2, 0) is 65.9 Å². The molecule has 0 aliphatic carbocycles. The molecule has 0 saturated carbocycles. The van der Waals surface area contributed by atoms with Crippen molar-refractivity contribution in [1.29, 1.82) is 0 Å². The van der Waals surface area contributed by atoms with Crippen molar-refractivity contribution in [3.8, 4) is 0 Å². The lowest BCUT2D eigenvalue weighted by Crippen LogP contribution is -2.48. The molecule has 0 spiro atoms. The average Bonchev–Trinajstić information content (AvgIpc) is 1.66. The number of rotatable bonds is 21. The number of H-pyrrole nitrogens is 5. The highest BCUT2D eigenvalue weighted by Crippen LogP contribution is 2.46. The van der Waals surface area contributed by atoms with Gasteiger partial charge in [0.25, 0.3) is 27.8 Å². The van der Waals surface area contributed by atoms with Gasteiger partial charge in [-0.3, -0.25) is 76.5 Å². The zero-order valence-corrected chi connectivity index (χ0v) is 74.6. The van der Waals surface area contributed by atoms with Crippen molar-refractivity contribution >= 4 is 72.7 Å². The molecule has 16 N–H and O–H groups in total. The molecule has 5 aliphatic heterocycles. The van der Waals surface area contributed by atoms with E-state index in [0.717, 1.165) is 53.7 Å². The van der Waals surface area contributed by atoms with E-state index in [1.54, 1.807) is 13.8 Å².